The molecule has 134 valence electrons. The molecule has 2 aromatic carbocycles. The summed E-state index contributed by atoms with van der Waals surface area (Å²) in [7, 11) is 0. The molecule has 0 aliphatic carbocycles. The van der Waals surface area contributed by atoms with Gasteiger partial charge >= 0.3 is 0 Å². The Labute approximate surface area is 152 Å². The Hall–Kier alpha value is -3.15. The minimum absolute atomic E-state index is 0.187. The lowest BCUT2D eigenvalue weighted by Crippen LogP contribution is -2.26. The number of nitrogens with two attached hydrogens (primary N) is 1. The first-order valence-electron chi connectivity index (χ1n) is 8.61. The first-order valence-corrected chi connectivity index (χ1v) is 8.61. The largest absolute Gasteiger partial charge is 0.366 e. The van der Waals surface area contributed by atoms with E-state index in [1.807, 2.05) is 18.2 Å². The van der Waals surface area contributed by atoms with Crippen molar-refractivity contribution in [3.63, 3.8) is 0 Å². The average Bonchev–Trinajstić information content (AvgIpc) is 3.00. The van der Waals surface area contributed by atoms with Crippen molar-refractivity contribution < 1.29 is 9.59 Å². The highest BCUT2D eigenvalue weighted by Crippen LogP contribution is 2.21. The van der Waals surface area contributed by atoms with Gasteiger partial charge in [0.05, 0.1) is 11.0 Å². The number of hydrogen-bond acceptors (Lipinski definition) is 3. The van der Waals surface area contributed by atoms with E-state index in [1.54, 1.807) is 24.3 Å². The number of carbonyl (C=O) groups is 2. The van der Waals surface area contributed by atoms with E-state index in [9.17, 15) is 9.59 Å². The molecule has 0 spiro atoms. The van der Waals surface area contributed by atoms with E-state index in [2.05, 4.69) is 29.8 Å². The third-order valence-electron chi connectivity index (χ3n) is 4.25. The lowest BCUT2D eigenvalue weighted by atomic mass is 10.1. The molecular formula is C20H22N4O2. The topological polar surface area (TPSA) is 90.0 Å². The Morgan fingerprint density at radius 1 is 1.08 bits per heavy atom. The second-order valence-corrected chi connectivity index (χ2v) is 6.43. The number of imidazole rings is 1. The van der Waals surface area contributed by atoms with Crippen LogP contribution in [-0.4, -0.2) is 27.9 Å². The lowest BCUT2D eigenvalue weighted by Gasteiger charge is -2.13. The van der Waals surface area contributed by atoms with Crippen LogP contribution in [0.3, 0.4) is 0 Å². The van der Waals surface area contributed by atoms with E-state index < -0.39 is 5.91 Å². The summed E-state index contributed by atoms with van der Waals surface area (Å²) in [5, 5.41) is 2.90. The molecule has 0 fully saturated rings. The molecule has 0 radical (unpaired) electrons. The zero-order chi connectivity index (χ0) is 18.7. The van der Waals surface area contributed by atoms with E-state index in [0.29, 0.717) is 24.1 Å². The van der Waals surface area contributed by atoms with Crippen molar-refractivity contribution in [2.75, 3.05) is 6.54 Å². The third kappa shape index (κ3) is 3.59. The van der Waals surface area contributed by atoms with Gasteiger partial charge in [-0.3, -0.25) is 9.59 Å². The van der Waals surface area contributed by atoms with Crippen molar-refractivity contribution in [1.82, 2.24) is 14.9 Å². The highest BCUT2D eigenvalue weighted by molar-refractivity contribution is 5.97. The van der Waals surface area contributed by atoms with Crippen LogP contribution in [0, 0.1) is 0 Å². The first-order chi connectivity index (χ1) is 12.5. The predicted molar refractivity (Wildman–Crippen MR) is 101 cm³/mol. The molecule has 3 N–H and O–H groups in total. The Morgan fingerprint density at radius 3 is 2.38 bits per heavy atom. The molecule has 6 nitrogen and oxygen atoms in total. The van der Waals surface area contributed by atoms with Crippen molar-refractivity contribution >= 4 is 22.8 Å². The molecule has 3 rings (SSSR count). The van der Waals surface area contributed by atoms with Crippen molar-refractivity contribution in [1.29, 1.82) is 0 Å². The van der Waals surface area contributed by atoms with Gasteiger partial charge < -0.3 is 15.6 Å². The van der Waals surface area contributed by atoms with Crippen LogP contribution in [0.4, 0.5) is 0 Å². The van der Waals surface area contributed by atoms with E-state index in [0.717, 1.165) is 16.9 Å². The minimum Gasteiger partial charge on any atom is -0.366 e. The molecule has 0 atom stereocenters. The number of para-hydroxylation sites is 2. The SMILES string of the molecule is CC(C)n1c(CCNC(=O)c2ccc(C(N)=O)cc2)nc2ccccc21. The average molecular weight is 350 g/mol. The predicted octanol–water partition coefficient (Wildman–Crippen LogP) is 2.69. The van der Waals surface area contributed by atoms with Crippen LogP contribution in [0.25, 0.3) is 11.0 Å². The van der Waals surface area contributed by atoms with Crippen LogP contribution < -0.4 is 11.1 Å². The summed E-state index contributed by atoms with van der Waals surface area (Å²) in [4.78, 5) is 28.0. The fourth-order valence-corrected chi connectivity index (χ4v) is 3.02. The molecule has 1 heterocycles. The molecule has 2 amide bonds. The van der Waals surface area contributed by atoms with Gasteiger partial charge in [0.1, 0.15) is 5.82 Å². The zero-order valence-corrected chi connectivity index (χ0v) is 14.9. The number of carbonyl (C=O) groups excluding carboxylic acids is 2. The number of aromatic nitrogens is 2. The summed E-state index contributed by atoms with van der Waals surface area (Å²) in [6.45, 7) is 4.72. The molecule has 26 heavy (non-hydrogen) atoms. The van der Waals surface area contributed by atoms with E-state index in [1.165, 1.54) is 0 Å². The maximum Gasteiger partial charge on any atom is 0.251 e. The van der Waals surface area contributed by atoms with Gasteiger partial charge in [0.2, 0.25) is 5.91 Å². The number of rotatable bonds is 6. The van der Waals surface area contributed by atoms with E-state index in [-0.39, 0.29) is 11.9 Å². The summed E-state index contributed by atoms with van der Waals surface area (Å²) in [5.41, 5.74) is 8.15. The number of benzene rings is 2. The second kappa shape index (κ2) is 7.39. The third-order valence-corrected chi connectivity index (χ3v) is 4.25. The summed E-state index contributed by atoms with van der Waals surface area (Å²) < 4.78 is 2.20. The quantitative estimate of drug-likeness (QED) is 0.716. The van der Waals surface area contributed by atoms with Gasteiger partial charge in [-0.2, -0.15) is 0 Å². The summed E-state index contributed by atoms with van der Waals surface area (Å²) in [6.07, 6.45) is 0.637. The molecule has 3 aromatic rings. The zero-order valence-electron chi connectivity index (χ0n) is 14.9. The highest BCUT2D eigenvalue weighted by atomic mass is 16.2. The van der Waals surface area contributed by atoms with E-state index >= 15 is 0 Å². The van der Waals surface area contributed by atoms with Gasteiger partial charge in [-0.1, -0.05) is 12.1 Å². The molecule has 1 aromatic heterocycles. The molecule has 0 aliphatic rings. The van der Waals surface area contributed by atoms with Gasteiger partial charge in [0.15, 0.2) is 0 Å². The number of amides is 2. The second-order valence-electron chi connectivity index (χ2n) is 6.43. The molecule has 0 saturated heterocycles. The van der Waals surface area contributed by atoms with Crippen LogP contribution >= 0.6 is 0 Å². The summed E-state index contributed by atoms with van der Waals surface area (Å²) >= 11 is 0. The molecule has 6 heteroatoms. The standard InChI is InChI=1S/C20H22N4O2/c1-13(2)24-17-6-4-3-5-16(17)23-18(24)11-12-22-20(26)15-9-7-14(8-10-15)19(21)25/h3-10,13H,11-12H2,1-2H3,(H2,21,25)(H,22,26). The van der Waals surface area contributed by atoms with Crippen LogP contribution in [0.15, 0.2) is 48.5 Å². The van der Waals surface area contributed by atoms with Gasteiger partial charge in [-0.05, 0) is 50.2 Å². The number of hydrogen-bond donors (Lipinski definition) is 2. The van der Waals surface area contributed by atoms with Crippen LogP contribution in [-0.2, 0) is 6.42 Å². The molecule has 0 aliphatic heterocycles. The van der Waals surface area contributed by atoms with Gasteiger partial charge in [0, 0.05) is 30.1 Å². The normalized spacial score (nSPS) is 11.0. The molecule has 0 unspecified atom stereocenters. The molecular weight excluding hydrogens is 328 g/mol. The number of nitrogens with zero attached hydrogens (tertiary/aromatic N) is 2. The van der Waals surface area contributed by atoms with Gasteiger partial charge in [0.25, 0.3) is 5.91 Å². The van der Waals surface area contributed by atoms with Crippen LogP contribution in [0.5, 0.6) is 0 Å². The molecule has 0 saturated carbocycles. The fourth-order valence-electron chi connectivity index (χ4n) is 3.02. The van der Waals surface area contributed by atoms with Crippen molar-refractivity contribution in [3.05, 3.63) is 65.5 Å². The van der Waals surface area contributed by atoms with Crippen molar-refractivity contribution in [2.24, 2.45) is 5.73 Å². The maximum atomic E-state index is 12.3. The van der Waals surface area contributed by atoms with Crippen LogP contribution in [0.2, 0.25) is 0 Å². The Bertz CT molecular complexity index is 942. The minimum atomic E-state index is -0.510. The lowest BCUT2D eigenvalue weighted by molar-refractivity contribution is 0.0951. The number of nitrogens with one attached hydrogen (secondary N) is 1. The maximum absolute atomic E-state index is 12.3. The molecule has 0 bridgehead atoms. The number of primary amides is 1. The first kappa shape index (κ1) is 17.7. The van der Waals surface area contributed by atoms with Crippen LogP contribution in [0.1, 0.15) is 46.4 Å². The van der Waals surface area contributed by atoms with Crippen molar-refractivity contribution in [2.45, 2.75) is 26.3 Å². The van der Waals surface area contributed by atoms with Gasteiger partial charge in [-0.25, -0.2) is 4.98 Å². The Balaban J connectivity index is 1.68. The summed E-state index contributed by atoms with van der Waals surface area (Å²) in [5.74, 6) is 0.253. The Kier molecular flexibility index (Phi) is 5.02. The highest BCUT2D eigenvalue weighted by Gasteiger charge is 2.13. The van der Waals surface area contributed by atoms with Crippen molar-refractivity contribution in [3.8, 4) is 0 Å². The monoisotopic (exact) mass is 350 g/mol. The van der Waals surface area contributed by atoms with E-state index in [4.69, 9.17) is 10.7 Å². The van der Waals surface area contributed by atoms with Gasteiger partial charge in [-0.15, -0.1) is 0 Å². The smallest absolute Gasteiger partial charge is 0.251 e. The summed E-state index contributed by atoms with van der Waals surface area (Å²) in [6, 6.07) is 14.6. The Morgan fingerprint density at radius 2 is 1.73 bits per heavy atom. The number of fused-ring (bicyclic) bond motifs is 1. The fraction of sp³-hybridized carbons (Fsp3) is 0.250.